The molecule has 1 aliphatic carbocycles. The van der Waals surface area contributed by atoms with Crippen molar-refractivity contribution in [2.24, 2.45) is 5.92 Å². The van der Waals surface area contributed by atoms with E-state index >= 15 is 0 Å². The second kappa shape index (κ2) is 8.79. The minimum absolute atomic E-state index is 0.0444. The van der Waals surface area contributed by atoms with Crippen LogP contribution >= 0.6 is 0 Å². The zero-order valence-electron chi connectivity index (χ0n) is 19.5. The van der Waals surface area contributed by atoms with Gasteiger partial charge in [-0.2, -0.15) is 4.39 Å². The molecular weight excluding hydrogens is 455 g/mol. The van der Waals surface area contributed by atoms with E-state index in [9.17, 15) is 17.6 Å². The molecule has 4 rings (SSSR count). The molecule has 0 bridgehead atoms. The number of sulfone groups is 1. The molecule has 7 nitrogen and oxygen atoms in total. The van der Waals surface area contributed by atoms with Crippen LogP contribution in [0.1, 0.15) is 49.5 Å². The van der Waals surface area contributed by atoms with Gasteiger partial charge in [0.05, 0.1) is 21.8 Å². The average Bonchev–Trinajstić information content (AvgIpc) is 3.58. The van der Waals surface area contributed by atoms with Crippen molar-refractivity contribution >= 4 is 38.6 Å². The number of carbonyl (C=O) groups excluding carboxylic acids is 1. The Labute approximate surface area is 198 Å². The number of hydrogen-bond acceptors (Lipinski definition) is 7. The van der Waals surface area contributed by atoms with Crippen LogP contribution in [0.3, 0.4) is 0 Å². The third kappa shape index (κ3) is 5.25. The molecule has 2 aromatic heterocycles. The molecule has 0 saturated heterocycles. The molecule has 1 fully saturated rings. The van der Waals surface area contributed by atoms with Crippen LogP contribution in [0.5, 0.6) is 0 Å². The van der Waals surface area contributed by atoms with E-state index in [-0.39, 0.29) is 27.8 Å². The van der Waals surface area contributed by atoms with Gasteiger partial charge in [0, 0.05) is 30.0 Å². The van der Waals surface area contributed by atoms with Crippen LogP contribution in [0.4, 0.5) is 27.4 Å². The molecule has 0 amide bonds. The standard InChI is InChI=1S/C25H27FN4O3S/c1-25(2,3)17-11-12-21(30-24(17)26)29-22-13-19(16(14-27-22)23(31)15-9-10-15)28-18-7-5-6-8-20(18)34(4,32)33/h5-8,11-15H,9-10H2,1-4H3,(H2,27,28,29,30). The molecule has 3 aromatic rings. The first-order chi connectivity index (χ1) is 15.9. The van der Waals surface area contributed by atoms with Crippen LogP contribution in [0.2, 0.25) is 0 Å². The summed E-state index contributed by atoms with van der Waals surface area (Å²) in [6.07, 6.45) is 4.22. The molecule has 2 N–H and O–H groups in total. The molecule has 1 saturated carbocycles. The Hall–Kier alpha value is -3.33. The Bertz CT molecular complexity index is 1360. The number of aromatic nitrogens is 2. The maximum Gasteiger partial charge on any atom is 0.218 e. The largest absolute Gasteiger partial charge is 0.354 e. The summed E-state index contributed by atoms with van der Waals surface area (Å²) in [6.45, 7) is 5.72. The van der Waals surface area contributed by atoms with Gasteiger partial charge >= 0.3 is 0 Å². The maximum absolute atomic E-state index is 14.6. The van der Waals surface area contributed by atoms with Gasteiger partial charge in [-0.05, 0) is 36.5 Å². The van der Waals surface area contributed by atoms with Gasteiger partial charge in [0.25, 0.3) is 0 Å². The predicted molar refractivity (Wildman–Crippen MR) is 130 cm³/mol. The van der Waals surface area contributed by atoms with E-state index in [1.807, 2.05) is 20.8 Å². The molecule has 34 heavy (non-hydrogen) atoms. The fourth-order valence-electron chi connectivity index (χ4n) is 3.62. The number of anilines is 4. The number of Topliss-reactive ketones (excluding diaryl/α,β-unsaturated/α-hetero) is 1. The summed E-state index contributed by atoms with van der Waals surface area (Å²) < 4.78 is 39.0. The molecule has 0 aliphatic heterocycles. The smallest absolute Gasteiger partial charge is 0.218 e. The van der Waals surface area contributed by atoms with E-state index in [0.717, 1.165) is 19.1 Å². The highest BCUT2D eigenvalue weighted by molar-refractivity contribution is 7.90. The fourth-order valence-corrected chi connectivity index (χ4v) is 4.47. The monoisotopic (exact) mass is 482 g/mol. The first-order valence-corrected chi connectivity index (χ1v) is 12.9. The molecule has 0 atom stereocenters. The Morgan fingerprint density at radius 1 is 1.03 bits per heavy atom. The van der Waals surface area contributed by atoms with Crippen LogP contribution in [-0.2, 0) is 15.3 Å². The number of carbonyl (C=O) groups is 1. The highest BCUT2D eigenvalue weighted by Crippen LogP contribution is 2.36. The van der Waals surface area contributed by atoms with Crippen molar-refractivity contribution in [2.45, 2.75) is 43.9 Å². The minimum Gasteiger partial charge on any atom is -0.354 e. The number of nitrogens with zero attached hydrogens (tertiary/aromatic N) is 2. The lowest BCUT2D eigenvalue weighted by Crippen LogP contribution is -2.15. The van der Waals surface area contributed by atoms with Crippen LogP contribution in [0.25, 0.3) is 0 Å². The van der Waals surface area contributed by atoms with Gasteiger partial charge in [-0.3, -0.25) is 4.79 Å². The molecule has 0 unspecified atom stereocenters. The van der Waals surface area contributed by atoms with Gasteiger partial charge in [0.1, 0.15) is 11.6 Å². The van der Waals surface area contributed by atoms with Gasteiger partial charge in [0.2, 0.25) is 5.95 Å². The summed E-state index contributed by atoms with van der Waals surface area (Å²) in [6, 6.07) is 11.4. The second-order valence-corrected chi connectivity index (χ2v) is 11.5. The van der Waals surface area contributed by atoms with Gasteiger partial charge in [0.15, 0.2) is 15.6 Å². The van der Waals surface area contributed by atoms with Crippen LogP contribution < -0.4 is 10.6 Å². The lowest BCUT2D eigenvalue weighted by atomic mass is 9.88. The number of halogens is 1. The minimum atomic E-state index is -3.50. The molecule has 9 heteroatoms. The van der Waals surface area contributed by atoms with Crippen molar-refractivity contribution in [2.75, 3.05) is 16.9 Å². The van der Waals surface area contributed by atoms with Crippen molar-refractivity contribution in [1.29, 1.82) is 0 Å². The van der Waals surface area contributed by atoms with Gasteiger partial charge < -0.3 is 10.6 Å². The highest BCUT2D eigenvalue weighted by Gasteiger charge is 2.32. The molecule has 1 aromatic carbocycles. The molecule has 2 heterocycles. The van der Waals surface area contributed by atoms with Crippen molar-refractivity contribution < 1.29 is 17.6 Å². The Morgan fingerprint density at radius 2 is 1.74 bits per heavy atom. The van der Waals surface area contributed by atoms with E-state index in [2.05, 4.69) is 20.6 Å². The summed E-state index contributed by atoms with van der Waals surface area (Å²) >= 11 is 0. The number of hydrogen-bond donors (Lipinski definition) is 2. The van der Waals surface area contributed by atoms with Gasteiger partial charge in [-0.1, -0.05) is 39.0 Å². The van der Waals surface area contributed by atoms with Crippen molar-refractivity contribution in [1.82, 2.24) is 9.97 Å². The van der Waals surface area contributed by atoms with Crippen molar-refractivity contribution in [3.05, 3.63) is 65.7 Å². The molecule has 0 radical (unpaired) electrons. The third-order valence-corrected chi connectivity index (χ3v) is 6.74. The summed E-state index contributed by atoms with van der Waals surface area (Å²) in [5, 5.41) is 6.08. The quantitative estimate of drug-likeness (QED) is 0.344. The zero-order valence-corrected chi connectivity index (χ0v) is 20.3. The predicted octanol–water partition coefficient (Wildman–Crippen LogP) is 5.40. The number of nitrogens with one attached hydrogen (secondary N) is 2. The number of rotatable bonds is 7. The number of ketones is 1. The zero-order chi connectivity index (χ0) is 24.7. The normalized spacial score (nSPS) is 14.0. The molecule has 0 spiro atoms. The Kier molecular flexibility index (Phi) is 6.16. The fraction of sp³-hybridized carbons (Fsp3) is 0.320. The third-order valence-electron chi connectivity index (χ3n) is 5.59. The SMILES string of the molecule is CC(C)(C)c1ccc(Nc2cc(Nc3ccccc3S(C)(=O)=O)c(C(=O)C3CC3)cn2)nc1F. The summed E-state index contributed by atoms with van der Waals surface area (Å²) in [5.41, 5.74) is 1.25. The van der Waals surface area contributed by atoms with Gasteiger partial charge in [-0.25, -0.2) is 18.4 Å². The van der Waals surface area contributed by atoms with E-state index in [4.69, 9.17) is 0 Å². The van der Waals surface area contributed by atoms with Crippen LogP contribution in [-0.4, -0.2) is 30.4 Å². The molecular formula is C25H27FN4O3S. The Morgan fingerprint density at radius 3 is 2.35 bits per heavy atom. The van der Waals surface area contributed by atoms with E-state index in [1.54, 1.807) is 36.4 Å². The van der Waals surface area contributed by atoms with Crippen molar-refractivity contribution in [3.63, 3.8) is 0 Å². The summed E-state index contributed by atoms with van der Waals surface area (Å²) in [5.74, 6) is -0.0635. The lowest BCUT2D eigenvalue weighted by molar-refractivity contribution is 0.0968. The molecule has 178 valence electrons. The van der Waals surface area contributed by atoms with Gasteiger partial charge in [-0.15, -0.1) is 0 Å². The summed E-state index contributed by atoms with van der Waals surface area (Å²) in [4.78, 5) is 21.3. The highest BCUT2D eigenvalue weighted by atomic mass is 32.2. The maximum atomic E-state index is 14.6. The van der Waals surface area contributed by atoms with Crippen LogP contribution in [0.15, 0.2) is 53.6 Å². The van der Waals surface area contributed by atoms with E-state index in [1.165, 1.54) is 12.3 Å². The second-order valence-electron chi connectivity index (χ2n) is 9.56. The number of para-hydroxylation sites is 1. The van der Waals surface area contributed by atoms with Crippen molar-refractivity contribution in [3.8, 4) is 0 Å². The first kappa shape index (κ1) is 23.8. The van der Waals surface area contributed by atoms with E-state index < -0.39 is 15.8 Å². The van der Waals surface area contributed by atoms with Crippen LogP contribution in [0, 0.1) is 11.9 Å². The van der Waals surface area contributed by atoms with E-state index in [0.29, 0.717) is 28.3 Å². The average molecular weight is 483 g/mol. The first-order valence-electron chi connectivity index (χ1n) is 11.0. The topological polar surface area (TPSA) is 101 Å². The molecule has 1 aliphatic rings. The number of benzene rings is 1. The number of pyridine rings is 2. The summed E-state index contributed by atoms with van der Waals surface area (Å²) in [7, 11) is -3.50. The lowest BCUT2D eigenvalue weighted by Gasteiger charge is -2.19. The Balaban J connectivity index is 1.70.